The zero-order chi connectivity index (χ0) is 12.0. The minimum absolute atomic E-state index is 0.559. The van der Waals surface area contributed by atoms with Gasteiger partial charge in [0, 0.05) is 28.6 Å². The molecule has 0 aromatic heterocycles. The van der Waals surface area contributed by atoms with Crippen molar-refractivity contribution < 1.29 is 0 Å². The molecule has 90 valence electrons. The summed E-state index contributed by atoms with van der Waals surface area (Å²) in [6, 6.07) is 8.62. The molecule has 1 aromatic carbocycles. The Morgan fingerprint density at radius 2 is 1.94 bits per heavy atom. The molecule has 16 heavy (non-hydrogen) atoms. The Balaban J connectivity index is 2.31. The smallest absolute Gasteiger partial charge is 0.0446 e. The average Bonchev–Trinajstić information content (AvgIpc) is 2.25. The SMILES string of the molecule is CC(C)NCC(C)SCc1ccccc1Cl. The lowest BCUT2D eigenvalue weighted by molar-refractivity contribution is 0.589. The van der Waals surface area contributed by atoms with Crippen LogP contribution in [0, 0.1) is 0 Å². The van der Waals surface area contributed by atoms with Crippen LogP contribution in [0.15, 0.2) is 24.3 Å². The summed E-state index contributed by atoms with van der Waals surface area (Å²) >= 11 is 8.04. The number of benzene rings is 1. The number of thioether (sulfide) groups is 1. The molecule has 0 aliphatic rings. The van der Waals surface area contributed by atoms with Gasteiger partial charge in [-0.05, 0) is 11.6 Å². The summed E-state index contributed by atoms with van der Waals surface area (Å²) in [7, 11) is 0. The predicted molar refractivity (Wildman–Crippen MR) is 75.3 cm³/mol. The Hall–Kier alpha value is -0.180. The second-order valence-electron chi connectivity index (χ2n) is 4.28. The Morgan fingerprint density at radius 3 is 2.56 bits per heavy atom. The first-order valence-electron chi connectivity index (χ1n) is 5.68. The average molecular weight is 258 g/mol. The van der Waals surface area contributed by atoms with Crippen LogP contribution < -0.4 is 5.32 Å². The molecule has 0 radical (unpaired) electrons. The van der Waals surface area contributed by atoms with Gasteiger partial charge in [-0.1, -0.05) is 50.6 Å². The van der Waals surface area contributed by atoms with Crippen molar-refractivity contribution in [3.05, 3.63) is 34.9 Å². The van der Waals surface area contributed by atoms with Crippen molar-refractivity contribution in [2.45, 2.75) is 37.8 Å². The number of nitrogens with one attached hydrogen (secondary N) is 1. The Morgan fingerprint density at radius 1 is 1.25 bits per heavy atom. The monoisotopic (exact) mass is 257 g/mol. The van der Waals surface area contributed by atoms with Crippen molar-refractivity contribution >= 4 is 23.4 Å². The molecule has 1 unspecified atom stereocenters. The Kier molecular flexibility index (Phi) is 6.25. The molecule has 0 amide bonds. The highest BCUT2D eigenvalue weighted by Crippen LogP contribution is 2.23. The summed E-state index contributed by atoms with van der Waals surface area (Å²) < 4.78 is 0. The van der Waals surface area contributed by atoms with E-state index in [2.05, 4.69) is 32.2 Å². The van der Waals surface area contributed by atoms with Gasteiger partial charge in [0.05, 0.1) is 0 Å². The van der Waals surface area contributed by atoms with Crippen molar-refractivity contribution in [2.75, 3.05) is 6.54 Å². The Labute approximate surface area is 108 Å². The van der Waals surface area contributed by atoms with E-state index in [4.69, 9.17) is 11.6 Å². The quantitative estimate of drug-likeness (QED) is 0.828. The summed E-state index contributed by atoms with van der Waals surface area (Å²) in [5.74, 6) is 0.987. The molecule has 1 aromatic rings. The molecule has 0 aliphatic heterocycles. The number of hydrogen-bond donors (Lipinski definition) is 1. The van der Waals surface area contributed by atoms with Gasteiger partial charge in [0.15, 0.2) is 0 Å². The van der Waals surface area contributed by atoms with Crippen molar-refractivity contribution in [1.29, 1.82) is 0 Å². The third-order valence-corrected chi connectivity index (χ3v) is 3.88. The highest BCUT2D eigenvalue weighted by atomic mass is 35.5. The van der Waals surface area contributed by atoms with E-state index in [0.29, 0.717) is 11.3 Å². The predicted octanol–water partition coefficient (Wildman–Crippen LogP) is 3.96. The van der Waals surface area contributed by atoms with Gasteiger partial charge in [-0.25, -0.2) is 0 Å². The van der Waals surface area contributed by atoms with Crippen molar-refractivity contribution in [2.24, 2.45) is 0 Å². The van der Waals surface area contributed by atoms with Crippen LogP contribution in [0.2, 0.25) is 5.02 Å². The molecule has 0 saturated heterocycles. The van der Waals surface area contributed by atoms with Gasteiger partial charge < -0.3 is 5.32 Å². The van der Waals surface area contributed by atoms with E-state index in [1.54, 1.807) is 0 Å². The van der Waals surface area contributed by atoms with Crippen LogP contribution >= 0.6 is 23.4 Å². The van der Waals surface area contributed by atoms with Crippen LogP contribution in [-0.4, -0.2) is 17.8 Å². The molecule has 0 saturated carbocycles. The van der Waals surface area contributed by atoms with Crippen LogP contribution in [0.5, 0.6) is 0 Å². The van der Waals surface area contributed by atoms with Crippen LogP contribution in [0.1, 0.15) is 26.3 Å². The van der Waals surface area contributed by atoms with Gasteiger partial charge in [0.25, 0.3) is 0 Å². The van der Waals surface area contributed by atoms with E-state index in [0.717, 1.165) is 17.3 Å². The van der Waals surface area contributed by atoms with E-state index in [1.807, 2.05) is 30.0 Å². The lowest BCUT2D eigenvalue weighted by Gasteiger charge is -2.14. The summed E-state index contributed by atoms with van der Waals surface area (Å²) in [4.78, 5) is 0. The van der Waals surface area contributed by atoms with Crippen LogP contribution in [-0.2, 0) is 5.75 Å². The van der Waals surface area contributed by atoms with Gasteiger partial charge in [-0.15, -0.1) is 0 Å². The number of hydrogen-bond acceptors (Lipinski definition) is 2. The maximum atomic E-state index is 6.11. The fourth-order valence-corrected chi connectivity index (χ4v) is 2.52. The summed E-state index contributed by atoms with van der Waals surface area (Å²) in [5, 5.41) is 4.93. The van der Waals surface area contributed by atoms with Crippen molar-refractivity contribution in [1.82, 2.24) is 5.32 Å². The second kappa shape index (κ2) is 7.21. The first-order chi connectivity index (χ1) is 7.59. The zero-order valence-electron chi connectivity index (χ0n) is 10.2. The van der Waals surface area contributed by atoms with Crippen molar-refractivity contribution in [3.63, 3.8) is 0 Å². The van der Waals surface area contributed by atoms with Gasteiger partial charge >= 0.3 is 0 Å². The minimum Gasteiger partial charge on any atom is -0.313 e. The molecule has 0 heterocycles. The lowest BCUT2D eigenvalue weighted by Crippen LogP contribution is -2.29. The highest BCUT2D eigenvalue weighted by Gasteiger charge is 2.05. The molecule has 0 fully saturated rings. The highest BCUT2D eigenvalue weighted by molar-refractivity contribution is 7.99. The third kappa shape index (κ3) is 5.24. The van der Waals surface area contributed by atoms with Crippen LogP contribution in [0.3, 0.4) is 0 Å². The molecule has 1 N–H and O–H groups in total. The molecule has 0 bridgehead atoms. The van der Waals surface area contributed by atoms with Gasteiger partial charge in [0.1, 0.15) is 0 Å². The largest absolute Gasteiger partial charge is 0.313 e. The lowest BCUT2D eigenvalue weighted by atomic mass is 10.2. The molecule has 1 atom stereocenters. The molecule has 3 heteroatoms. The molecule has 0 aliphatic carbocycles. The standard InChI is InChI=1S/C13H20ClNS/c1-10(2)15-8-11(3)16-9-12-6-4-5-7-13(12)14/h4-7,10-11,15H,8-9H2,1-3H3. The fourth-order valence-electron chi connectivity index (χ4n) is 1.31. The maximum Gasteiger partial charge on any atom is 0.0446 e. The fraction of sp³-hybridized carbons (Fsp3) is 0.538. The summed E-state index contributed by atoms with van der Waals surface area (Å²) in [6.07, 6.45) is 0. The third-order valence-electron chi connectivity index (χ3n) is 2.29. The van der Waals surface area contributed by atoms with E-state index in [-0.39, 0.29) is 0 Å². The maximum absolute atomic E-state index is 6.11. The van der Waals surface area contributed by atoms with E-state index >= 15 is 0 Å². The molecule has 0 spiro atoms. The van der Waals surface area contributed by atoms with Gasteiger partial charge in [-0.2, -0.15) is 11.8 Å². The van der Waals surface area contributed by atoms with E-state index < -0.39 is 0 Å². The van der Waals surface area contributed by atoms with E-state index in [1.165, 1.54) is 5.56 Å². The van der Waals surface area contributed by atoms with Crippen LogP contribution in [0.4, 0.5) is 0 Å². The first-order valence-corrected chi connectivity index (χ1v) is 7.10. The van der Waals surface area contributed by atoms with Crippen molar-refractivity contribution in [3.8, 4) is 0 Å². The Bertz CT molecular complexity index is 315. The first kappa shape index (κ1) is 13.9. The zero-order valence-corrected chi connectivity index (χ0v) is 11.7. The molecule has 1 rings (SSSR count). The second-order valence-corrected chi connectivity index (χ2v) is 6.11. The number of halogens is 1. The summed E-state index contributed by atoms with van der Waals surface area (Å²) in [6.45, 7) is 7.64. The molecular formula is C13H20ClNS. The molecular weight excluding hydrogens is 238 g/mol. The van der Waals surface area contributed by atoms with Gasteiger partial charge in [0.2, 0.25) is 0 Å². The topological polar surface area (TPSA) is 12.0 Å². The summed E-state index contributed by atoms with van der Waals surface area (Å²) in [5.41, 5.74) is 1.23. The molecule has 1 nitrogen and oxygen atoms in total. The number of rotatable bonds is 6. The minimum atomic E-state index is 0.559. The van der Waals surface area contributed by atoms with Crippen LogP contribution in [0.25, 0.3) is 0 Å². The normalized spacial score (nSPS) is 13.1. The van der Waals surface area contributed by atoms with E-state index in [9.17, 15) is 0 Å². The van der Waals surface area contributed by atoms with Gasteiger partial charge in [-0.3, -0.25) is 0 Å².